The summed E-state index contributed by atoms with van der Waals surface area (Å²) in [5, 5.41) is 9.34. The van der Waals surface area contributed by atoms with Crippen molar-refractivity contribution in [3.63, 3.8) is 0 Å². The van der Waals surface area contributed by atoms with Gasteiger partial charge in [0.15, 0.2) is 11.5 Å². The summed E-state index contributed by atoms with van der Waals surface area (Å²) in [5.74, 6) is -3.07. The highest BCUT2D eigenvalue weighted by Crippen LogP contribution is 2.35. The number of carboxylic acids is 1. The minimum atomic E-state index is -4.34. The molecule has 2 N–H and O–H groups in total. The van der Waals surface area contributed by atoms with Crippen molar-refractivity contribution in [1.29, 1.82) is 0 Å². The maximum absolute atomic E-state index is 12.6. The number of aromatic carboxylic acids is 1. The molecule has 0 heterocycles. The number of methoxy groups -OCH3 is 1. The molecule has 2 rings (SSSR count). The quantitative estimate of drug-likeness (QED) is 0.564. The molecule has 12 heteroatoms. The number of carbonyl (C=O) groups is 2. The first-order valence-electron chi connectivity index (χ1n) is 8.29. The standard InChI is InChI=1S/C18H17F2NO8S/c1-3-28-17(24)10-4-6-11(7-5-10)30(25,26)21-13-9-15(29-18(19)20)14(27-2)8-12(13)16(22)23/h4-9,18,21H,3H2,1-2H3,(H,22,23). The van der Waals surface area contributed by atoms with Crippen LogP contribution >= 0.6 is 0 Å². The monoisotopic (exact) mass is 445 g/mol. The molecular formula is C18H17F2NO8S. The van der Waals surface area contributed by atoms with Crippen LogP contribution in [0.15, 0.2) is 41.3 Å². The van der Waals surface area contributed by atoms with Gasteiger partial charge < -0.3 is 19.3 Å². The fourth-order valence-corrected chi connectivity index (χ4v) is 3.43. The molecule has 2 aromatic carbocycles. The van der Waals surface area contributed by atoms with Crippen LogP contribution in [0.25, 0.3) is 0 Å². The van der Waals surface area contributed by atoms with Gasteiger partial charge in [-0.15, -0.1) is 0 Å². The topological polar surface area (TPSA) is 128 Å². The number of nitrogens with one attached hydrogen (secondary N) is 1. The Morgan fingerprint density at radius 3 is 2.27 bits per heavy atom. The van der Waals surface area contributed by atoms with Crippen LogP contribution in [-0.2, 0) is 14.8 Å². The highest BCUT2D eigenvalue weighted by Gasteiger charge is 2.23. The summed E-state index contributed by atoms with van der Waals surface area (Å²) in [4.78, 5) is 22.9. The number of benzene rings is 2. The van der Waals surface area contributed by atoms with Crippen molar-refractivity contribution < 1.29 is 46.1 Å². The number of carboxylic acid groups (broad SMARTS) is 1. The third kappa shape index (κ3) is 5.35. The molecule has 0 atom stereocenters. The maximum Gasteiger partial charge on any atom is 0.387 e. The number of hydrogen-bond donors (Lipinski definition) is 2. The summed E-state index contributed by atoms with van der Waals surface area (Å²) in [7, 11) is -3.23. The van der Waals surface area contributed by atoms with Gasteiger partial charge in [-0.05, 0) is 31.2 Å². The van der Waals surface area contributed by atoms with E-state index in [2.05, 4.69) is 4.74 Å². The van der Waals surface area contributed by atoms with Crippen molar-refractivity contribution in [2.75, 3.05) is 18.4 Å². The van der Waals surface area contributed by atoms with E-state index in [-0.39, 0.29) is 22.8 Å². The summed E-state index contributed by atoms with van der Waals surface area (Å²) >= 11 is 0. The molecule has 162 valence electrons. The Bertz CT molecular complexity index is 1040. The zero-order chi connectivity index (χ0) is 22.5. The van der Waals surface area contributed by atoms with Gasteiger partial charge in [-0.25, -0.2) is 18.0 Å². The molecule has 0 amide bonds. The highest BCUT2D eigenvalue weighted by atomic mass is 32.2. The lowest BCUT2D eigenvalue weighted by atomic mass is 10.1. The second-order valence-electron chi connectivity index (χ2n) is 5.58. The molecule has 0 aliphatic rings. The molecular weight excluding hydrogens is 428 g/mol. The van der Waals surface area contributed by atoms with Gasteiger partial charge in [0, 0.05) is 12.1 Å². The molecule has 2 aromatic rings. The van der Waals surface area contributed by atoms with E-state index in [4.69, 9.17) is 9.47 Å². The predicted molar refractivity (Wildman–Crippen MR) is 99.8 cm³/mol. The largest absolute Gasteiger partial charge is 0.493 e. The molecule has 0 unspecified atom stereocenters. The maximum atomic E-state index is 12.6. The number of alkyl halides is 2. The lowest BCUT2D eigenvalue weighted by Gasteiger charge is -2.15. The number of anilines is 1. The van der Waals surface area contributed by atoms with Crippen LogP contribution in [0.1, 0.15) is 27.6 Å². The van der Waals surface area contributed by atoms with Crippen molar-refractivity contribution >= 4 is 27.6 Å². The van der Waals surface area contributed by atoms with E-state index in [9.17, 15) is 31.9 Å². The Hall–Kier alpha value is -3.41. The predicted octanol–water partition coefficient (Wildman–Crippen LogP) is 2.97. The average molecular weight is 445 g/mol. The Kier molecular flexibility index (Phi) is 7.16. The van der Waals surface area contributed by atoms with Crippen LogP contribution in [-0.4, -0.2) is 45.8 Å². The van der Waals surface area contributed by atoms with Crippen molar-refractivity contribution in [2.24, 2.45) is 0 Å². The van der Waals surface area contributed by atoms with Crippen molar-refractivity contribution in [1.82, 2.24) is 0 Å². The SMILES string of the molecule is CCOC(=O)c1ccc(S(=O)(=O)Nc2cc(OC(F)F)c(OC)cc2C(=O)O)cc1. The molecule has 0 spiro atoms. The Balaban J connectivity index is 2.43. The fraction of sp³-hybridized carbons (Fsp3) is 0.222. The summed E-state index contributed by atoms with van der Waals surface area (Å²) in [5.41, 5.74) is -0.965. The van der Waals surface area contributed by atoms with Crippen LogP contribution in [0.5, 0.6) is 11.5 Å². The first kappa shape index (κ1) is 22.9. The number of halogens is 2. The Morgan fingerprint density at radius 1 is 1.13 bits per heavy atom. The third-order valence-corrected chi connectivity index (χ3v) is 5.05. The number of esters is 1. The average Bonchev–Trinajstić information content (AvgIpc) is 2.67. The van der Waals surface area contributed by atoms with Crippen LogP contribution < -0.4 is 14.2 Å². The van der Waals surface area contributed by atoms with Gasteiger partial charge >= 0.3 is 18.6 Å². The number of carbonyl (C=O) groups excluding carboxylic acids is 1. The van der Waals surface area contributed by atoms with E-state index in [1.54, 1.807) is 6.92 Å². The molecule has 0 saturated heterocycles. The van der Waals surface area contributed by atoms with Gasteiger partial charge in [-0.2, -0.15) is 8.78 Å². The van der Waals surface area contributed by atoms with Crippen molar-refractivity contribution in [2.45, 2.75) is 18.4 Å². The van der Waals surface area contributed by atoms with E-state index < -0.39 is 45.6 Å². The van der Waals surface area contributed by atoms with Crippen LogP contribution in [0.4, 0.5) is 14.5 Å². The summed E-state index contributed by atoms with van der Waals surface area (Å²) in [6, 6.07) is 6.26. The zero-order valence-corrected chi connectivity index (χ0v) is 16.5. The molecule has 0 aliphatic heterocycles. The number of ether oxygens (including phenoxy) is 3. The minimum absolute atomic E-state index is 0.110. The first-order chi connectivity index (χ1) is 14.1. The summed E-state index contributed by atoms with van der Waals surface area (Å²) < 4.78 is 66.4. The van der Waals surface area contributed by atoms with Gasteiger partial charge in [0.1, 0.15) is 0 Å². The molecule has 0 bridgehead atoms. The fourth-order valence-electron chi connectivity index (χ4n) is 2.36. The van der Waals surface area contributed by atoms with E-state index in [0.717, 1.165) is 31.4 Å². The smallest absolute Gasteiger partial charge is 0.387 e. The van der Waals surface area contributed by atoms with E-state index in [0.29, 0.717) is 0 Å². The molecule has 0 aliphatic carbocycles. The van der Waals surface area contributed by atoms with Crippen molar-refractivity contribution in [3.8, 4) is 11.5 Å². The van der Waals surface area contributed by atoms with Gasteiger partial charge in [0.05, 0.1) is 35.4 Å². The molecule has 0 aromatic heterocycles. The molecule has 0 saturated carbocycles. The summed E-state index contributed by atoms with van der Waals surface area (Å²) in [6.45, 7) is -1.50. The third-order valence-electron chi connectivity index (χ3n) is 3.67. The van der Waals surface area contributed by atoms with Gasteiger partial charge in [0.2, 0.25) is 0 Å². The Labute approximate surface area is 170 Å². The van der Waals surface area contributed by atoms with E-state index >= 15 is 0 Å². The molecule has 9 nitrogen and oxygen atoms in total. The normalized spacial score (nSPS) is 11.1. The number of rotatable bonds is 9. The Morgan fingerprint density at radius 2 is 1.77 bits per heavy atom. The zero-order valence-electron chi connectivity index (χ0n) is 15.7. The highest BCUT2D eigenvalue weighted by molar-refractivity contribution is 7.92. The molecule has 30 heavy (non-hydrogen) atoms. The van der Waals surface area contributed by atoms with Gasteiger partial charge in [0.25, 0.3) is 10.0 Å². The van der Waals surface area contributed by atoms with E-state index in [1.807, 2.05) is 4.72 Å². The van der Waals surface area contributed by atoms with E-state index in [1.165, 1.54) is 12.1 Å². The lowest BCUT2D eigenvalue weighted by molar-refractivity contribution is -0.0511. The van der Waals surface area contributed by atoms with Gasteiger partial charge in [-0.1, -0.05) is 0 Å². The number of hydrogen-bond acceptors (Lipinski definition) is 7. The first-order valence-corrected chi connectivity index (χ1v) is 9.77. The van der Waals surface area contributed by atoms with Crippen LogP contribution in [0.3, 0.4) is 0 Å². The molecule has 0 radical (unpaired) electrons. The van der Waals surface area contributed by atoms with Crippen molar-refractivity contribution in [3.05, 3.63) is 47.5 Å². The number of sulfonamides is 1. The van der Waals surface area contributed by atoms with Crippen LogP contribution in [0.2, 0.25) is 0 Å². The second-order valence-corrected chi connectivity index (χ2v) is 7.27. The minimum Gasteiger partial charge on any atom is -0.493 e. The summed E-state index contributed by atoms with van der Waals surface area (Å²) in [6.07, 6.45) is 0. The lowest BCUT2D eigenvalue weighted by Crippen LogP contribution is -2.16. The second kappa shape index (κ2) is 9.39. The molecule has 0 fully saturated rings. The van der Waals surface area contributed by atoms with Gasteiger partial charge in [-0.3, -0.25) is 4.72 Å². The van der Waals surface area contributed by atoms with Crippen LogP contribution in [0, 0.1) is 0 Å².